The van der Waals surface area contributed by atoms with Crippen LogP contribution in [0.4, 0.5) is 5.69 Å². The number of nitrogens with zero attached hydrogens (tertiary/aromatic N) is 1. The average molecular weight is 710 g/mol. The van der Waals surface area contributed by atoms with Crippen molar-refractivity contribution in [1.82, 2.24) is 0 Å². The predicted octanol–water partition coefficient (Wildman–Crippen LogP) is 2.55. The molecule has 0 saturated heterocycles. The predicted molar refractivity (Wildman–Crippen MR) is 174 cm³/mol. The molecule has 3 N–H and O–H groups in total. The maximum atomic E-state index is 11.9. The molecule has 14 heteroatoms. The summed E-state index contributed by atoms with van der Waals surface area (Å²) < 4.78 is 68.9. The first-order valence-electron chi connectivity index (χ1n) is 14.2. The van der Waals surface area contributed by atoms with Crippen molar-refractivity contribution in [3.8, 4) is 0 Å². The molecule has 0 saturated carbocycles. The molecule has 0 aromatic heterocycles. The Bertz CT molecular complexity index is 1950. The van der Waals surface area contributed by atoms with Gasteiger partial charge in [-0.15, -0.1) is 0 Å². The Balaban J connectivity index is 0.00000600. The summed E-state index contributed by atoms with van der Waals surface area (Å²) >= 11 is 0. The normalized spacial score (nSPS) is 18.3. The number of hydrogen-bond acceptors (Lipinski definition) is 9. The van der Waals surface area contributed by atoms with Gasteiger partial charge in [0.05, 0.1) is 5.56 Å². The van der Waals surface area contributed by atoms with Crippen LogP contribution in [-0.2, 0) is 42.6 Å². The molecule has 0 unspecified atom stereocenters. The van der Waals surface area contributed by atoms with Gasteiger partial charge in [-0.3, -0.25) is 9.81 Å². The van der Waals surface area contributed by atoms with E-state index in [1.807, 2.05) is 40.7 Å². The molecule has 1 aliphatic heterocycles. The summed E-state index contributed by atoms with van der Waals surface area (Å²) in [5.41, 5.74) is 4.26. The van der Waals surface area contributed by atoms with Crippen LogP contribution in [0.15, 0.2) is 89.7 Å². The molecule has 0 amide bonds. The summed E-state index contributed by atoms with van der Waals surface area (Å²) in [6, 6.07) is 9.65. The summed E-state index contributed by atoms with van der Waals surface area (Å²) in [5, 5.41) is 18.4. The van der Waals surface area contributed by atoms with Crippen LogP contribution in [0.25, 0.3) is 5.57 Å². The molecule has 0 spiro atoms. The number of carbonyl (C=O) groups is 1. The zero-order chi connectivity index (χ0) is 34.2. The Morgan fingerprint density at radius 2 is 1.68 bits per heavy atom. The molecular formula is C33H36KNO10S2. The minimum absolute atomic E-state index is 0. The summed E-state index contributed by atoms with van der Waals surface area (Å²) in [6.45, 7) is 9.30. The minimum Gasteiger partial charge on any atom is -0.747 e. The van der Waals surface area contributed by atoms with Gasteiger partial charge in [0.25, 0.3) is 10.1 Å². The molecule has 0 fully saturated rings. The molecule has 0 bridgehead atoms. The molecule has 4 rings (SSSR count). The topological polar surface area (TPSA) is 182 Å². The van der Waals surface area contributed by atoms with Crippen molar-refractivity contribution in [1.29, 1.82) is 0 Å². The first-order chi connectivity index (χ1) is 21.3. The van der Waals surface area contributed by atoms with Crippen LogP contribution in [0.5, 0.6) is 0 Å². The van der Waals surface area contributed by atoms with Gasteiger partial charge >= 0.3 is 57.4 Å². The largest absolute Gasteiger partial charge is 1.00 e. The Hall–Kier alpha value is -2.21. The first-order valence-corrected chi connectivity index (χ1v) is 17.4. The molecule has 1 aliphatic carbocycles. The van der Waals surface area contributed by atoms with E-state index >= 15 is 0 Å². The molecular weight excluding hydrogens is 674 g/mol. The molecule has 0 atom stereocenters. The monoisotopic (exact) mass is 709 g/mol. The third kappa shape index (κ3) is 8.88. The van der Waals surface area contributed by atoms with E-state index in [4.69, 9.17) is 5.26 Å². The molecule has 2 aromatic carbocycles. The van der Waals surface area contributed by atoms with Crippen molar-refractivity contribution >= 4 is 37.5 Å². The van der Waals surface area contributed by atoms with Crippen LogP contribution in [0.3, 0.4) is 0 Å². The van der Waals surface area contributed by atoms with Crippen LogP contribution >= 0.6 is 0 Å². The van der Waals surface area contributed by atoms with Gasteiger partial charge in [0.1, 0.15) is 28.4 Å². The van der Waals surface area contributed by atoms with Gasteiger partial charge in [-0.25, -0.2) is 18.1 Å². The molecule has 0 radical (unpaired) electrons. The number of benzene rings is 2. The van der Waals surface area contributed by atoms with Gasteiger partial charge in [0, 0.05) is 22.2 Å². The number of allylic oxidation sites excluding steroid dienone is 9. The van der Waals surface area contributed by atoms with Gasteiger partial charge in [-0.1, -0.05) is 81.8 Å². The molecule has 246 valence electrons. The van der Waals surface area contributed by atoms with Gasteiger partial charge in [-0.05, 0) is 64.6 Å². The minimum atomic E-state index is -4.67. The van der Waals surface area contributed by atoms with E-state index in [2.05, 4.69) is 4.89 Å². The van der Waals surface area contributed by atoms with Crippen LogP contribution in [0.2, 0.25) is 0 Å². The van der Waals surface area contributed by atoms with E-state index < -0.39 is 48.7 Å². The fourth-order valence-corrected chi connectivity index (χ4v) is 7.37. The third-order valence-electron chi connectivity index (χ3n) is 8.30. The van der Waals surface area contributed by atoms with E-state index in [0.29, 0.717) is 39.2 Å². The standard InChI is InChI=1S/C33H37NO10S2.K/c1-21(8-6-10-26-25(19-45(38,39)40)24-14-12-22(18-44-37)16-27(24)32(26,2)3)9-7-11-30-33(4,5)28-17-23(31(35)36)13-15-29(28)34(30)20-46(41,42)43;/h6-17,37H,18-20H2,1-5H3,(H,35,36)(H,38,39,40)(H,41,42,43);/q;+1/p-1/b9-7+,10-6+,21-8+,30-11+;. The Kier molecular flexibility index (Phi) is 12.3. The Morgan fingerprint density at radius 1 is 1.00 bits per heavy atom. The summed E-state index contributed by atoms with van der Waals surface area (Å²) in [6.07, 6.45) is 10.5. The van der Waals surface area contributed by atoms with E-state index in [1.54, 1.807) is 48.6 Å². The summed E-state index contributed by atoms with van der Waals surface area (Å²) in [4.78, 5) is 17.2. The number of anilines is 1. The number of carboxylic acids is 1. The van der Waals surface area contributed by atoms with Gasteiger partial charge < -0.3 is 14.6 Å². The number of carboxylic acid groups (broad SMARTS) is 1. The van der Waals surface area contributed by atoms with Crippen molar-refractivity contribution in [3.63, 3.8) is 0 Å². The van der Waals surface area contributed by atoms with Crippen molar-refractivity contribution in [2.45, 2.75) is 52.1 Å². The maximum absolute atomic E-state index is 11.9. The van der Waals surface area contributed by atoms with Crippen molar-refractivity contribution in [2.75, 3.05) is 16.5 Å². The van der Waals surface area contributed by atoms with Crippen LogP contribution in [-0.4, -0.2) is 53.9 Å². The number of fused-ring (bicyclic) bond motifs is 2. The van der Waals surface area contributed by atoms with Crippen molar-refractivity contribution in [3.05, 3.63) is 118 Å². The number of rotatable bonds is 11. The second-order valence-electron chi connectivity index (χ2n) is 12.4. The number of aromatic carboxylic acids is 1. The van der Waals surface area contributed by atoms with Crippen molar-refractivity contribution < 1.29 is 97.4 Å². The Labute approximate surface area is 317 Å². The second kappa shape index (κ2) is 14.7. The summed E-state index contributed by atoms with van der Waals surface area (Å²) in [7, 11) is -9.02. The molecule has 2 aromatic rings. The van der Waals surface area contributed by atoms with Crippen LogP contribution in [0, 0.1) is 0 Å². The van der Waals surface area contributed by atoms with Gasteiger partial charge in [0.2, 0.25) is 0 Å². The number of hydrogen-bond donors (Lipinski definition) is 3. The Morgan fingerprint density at radius 3 is 2.28 bits per heavy atom. The van der Waals surface area contributed by atoms with Crippen LogP contribution < -0.4 is 56.3 Å². The quantitative estimate of drug-likeness (QED) is 0.103. The second-order valence-corrected chi connectivity index (χ2v) is 15.2. The van der Waals surface area contributed by atoms with E-state index in [-0.39, 0.29) is 63.6 Å². The first kappa shape index (κ1) is 39.2. The fraction of sp³-hybridized carbons (Fsp3) is 0.303. The van der Waals surface area contributed by atoms with Crippen LogP contribution in [0.1, 0.15) is 67.2 Å². The molecule has 2 aliphatic rings. The smallest absolute Gasteiger partial charge is 0.747 e. The van der Waals surface area contributed by atoms with E-state index in [1.165, 1.54) is 23.1 Å². The third-order valence-corrected chi connectivity index (χ3v) is 9.53. The maximum Gasteiger partial charge on any atom is 1.00 e. The average Bonchev–Trinajstić information content (AvgIpc) is 3.25. The van der Waals surface area contributed by atoms with Crippen molar-refractivity contribution in [2.24, 2.45) is 0 Å². The molecule has 11 nitrogen and oxygen atoms in total. The van der Waals surface area contributed by atoms with Gasteiger partial charge in [-0.2, -0.15) is 8.42 Å². The van der Waals surface area contributed by atoms with E-state index in [0.717, 1.165) is 11.1 Å². The zero-order valence-electron chi connectivity index (χ0n) is 27.0. The zero-order valence-corrected chi connectivity index (χ0v) is 31.8. The van der Waals surface area contributed by atoms with E-state index in [9.17, 15) is 35.8 Å². The fourth-order valence-electron chi connectivity index (χ4n) is 6.10. The SMILES string of the molecule is CC(/C=C/C=C1/N(CS(=O)(=O)[O-])c2ccc(C(=O)O)cc2C1(C)C)=C\C=C\C1=C(CS(=O)(=O)O)c2ccc(COO)cc2C1(C)C.[K+]. The summed E-state index contributed by atoms with van der Waals surface area (Å²) in [5.74, 6) is -2.52. The van der Waals surface area contributed by atoms with Gasteiger partial charge in [0.15, 0.2) is 0 Å². The molecule has 47 heavy (non-hydrogen) atoms. The molecule has 1 heterocycles.